The average Bonchev–Trinajstić information content (AvgIpc) is 2.98. The third-order valence-electron chi connectivity index (χ3n) is 2.42. The zero-order valence-corrected chi connectivity index (χ0v) is 10.2. The molecule has 0 aliphatic carbocycles. The van der Waals surface area contributed by atoms with Crippen molar-refractivity contribution in [3.05, 3.63) is 60.1 Å². The van der Waals surface area contributed by atoms with Gasteiger partial charge in [-0.15, -0.1) is 0 Å². The third-order valence-corrected chi connectivity index (χ3v) is 2.42. The fourth-order valence-electron chi connectivity index (χ4n) is 1.44. The summed E-state index contributed by atoms with van der Waals surface area (Å²) in [5.41, 5.74) is 1.27. The number of hydrogen-bond acceptors (Lipinski definition) is 4. The van der Waals surface area contributed by atoms with E-state index in [2.05, 4.69) is 5.32 Å². The van der Waals surface area contributed by atoms with Crippen LogP contribution in [0.15, 0.2) is 53.3 Å². The summed E-state index contributed by atoms with van der Waals surface area (Å²) < 4.78 is 9.57. The van der Waals surface area contributed by atoms with Gasteiger partial charge in [0, 0.05) is 6.54 Å². The fourth-order valence-corrected chi connectivity index (χ4v) is 1.44. The van der Waals surface area contributed by atoms with E-state index >= 15 is 0 Å². The first kappa shape index (κ1) is 12.9. The standard InChI is InChI=1S/C14H13NO4/c16-13(15-8-11-4-2-1-3-5-11)10-19-14(17)12-6-7-18-9-12/h1-7,9H,8,10H2,(H,15,16). The molecule has 0 bridgehead atoms. The summed E-state index contributed by atoms with van der Waals surface area (Å²) >= 11 is 0. The van der Waals surface area contributed by atoms with Crippen molar-refractivity contribution in [3.63, 3.8) is 0 Å². The molecule has 0 fully saturated rings. The van der Waals surface area contributed by atoms with Gasteiger partial charge in [-0.2, -0.15) is 0 Å². The highest BCUT2D eigenvalue weighted by molar-refractivity contribution is 5.90. The van der Waals surface area contributed by atoms with Gasteiger partial charge in [0.25, 0.3) is 5.91 Å². The first-order valence-electron chi connectivity index (χ1n) is 5.75. The molecule has 0 aliphatic rings. The minimum Gasteiger partial charge on any atom is -0.472 e. The summed E-state index contributed by atoms with van der Waals surface area (Å²) in [5, 5.41) is 2.66. The largest absolute Gasteiger partial charge is 0.472 e. The summed E-state index contributed by atoms with van der Waals surface area (Å²) in [7, 11) is 0. The average molecular weight is 259 g/mol. The molecular formula is C14H13NO4. The summed E-state index contributed by atoms with van der Waals surface area (Å²) in [6.45, 7) is 0.0970. The maximum Gasteiger partial charge on any atom is 0.341 e. The fraction of sp³-hybridized carbons (Fsp3) is 0.143. The van der Waals surface area contributed by atoms with Gasteiger partial charge in [0.2, 0.25) is 0 Å². The Morgan fingerprint density at radius 3 is 2.63 bits per heavy atom. The van der Waals surface area contributed by atoms with Gasteiger partial charge in [-0.25, -0.2) is 4.79 Å². The number of furan rings is 1. The van der Waals surface area contributed by atoms with Crippen molar-refractivity contribution in [3.8, 4) is 0 Å². The molecule has 0 spiro atoms. The van der Waals surface area contributed by atoms with E-state index in [1.54, 1.807) is 0 Å². The Hall–Kier alpha value is -2.56. The molecule has 0 saturated heterocycles. The maximum atomic E-state index is 11.5. The highest BCUT2D eigenvalue weighted by atomic mass is 16.5. The Kier molecular flexibility index (Phi) is 4.34. The van der Waals surface area contributed by atoms with Crippen LogP contribution in [0.3, 0.4) is 0 Å². The minimum absolute atomic E-state index is 0.288. The van der Waals surface area contributed by atoms with Crippen molar-refractivity contribution in [2.75, 3.05) is 6.61 Å². The van der Waals surface area contributed by atoms with Gasteiger partial charge < -0.3 is 14.5 Å². The first-order chi connectivity index (χ1) is 9.25. The molecule has 98 valence electrons. The van der Waals surface area contributed by atoms with E-state index in [1.807, 2.05) is 30.3 Å². The predicted octanol–water partition coefficient (Wildman–Crippen LogP) is 1.75. The van der Waals surface area contributed by atoms with Crippen molar-refractivity contribution < 1.29 is 18.7 Å². The Bertz CT molecular complexity index is 534. The lowest BCUT2D eigenvalue weighted by molar-refractivity contribution is -0.124. The van der Waals surface area contributed by atoms with Crippen LogP contribution in [0.1, 0.15) is 15.9 Å². The van der Waals surface area contributed by atoms with Gasteiger partial charge in [0.15, 0.2) is 6.61 Å². The SMILES string of the molecule is O=C(COC(=O)c1ccoc1)NCc1ccccc1. The molecule has 0 unspecified atom stereocenters. The summed E-state index contributed by atoms with van der Waals surface area (Å²) in [6, 6.07) is 11.0. The number of amides is 1. The van der Waals surface area contributed by atoms with Crippen LogP contribution < -0.4 is 5.32 Å². The summed E-state index contributed by atoms with van der Waals surface area (Å²) in [6.07, 6.45) is 2.64. The summed E-state index contributed by atoms with van der Waals surface area (Å²) in [5.74, 6) is -0.927. The number of hydrogen-bond donors (Lipinski definition) is 1. The van der Waals surface area contributed by atoms with Crippen LogP contribution in [0.2, 0.25) is 0 Å². The van der Waals surface area contributed by atoms with Crippen LogP contribution in [0, 0.1) is 0 Å². The number of nitrogens with one attached hydrogen (secondary N) is 1. The maximum absolute atomic E-state index is 11.5. The van der Waals surface area contributed by atoms with E-state index in [4.69, 9.17) is 9.15 Å². The predicted molar refractivity (Wildman–Crippen MR) is 67.3 cm³/mol. The van der Waals surface area contributed by atoms with E-state index < -0.39 is 5.97 Å². The topological polar surface area (TPSA) is 68.5 Å². The van der Waals surface area contributed by atoms with Crippen molar-refractivity contribution in [1.29, 1.82) is 0 Å². The molecule has 1 heterocycles. The van der Waals surface area contributed by atoms with Crippen molar-refractivity contribution in [2.24, 2.45) is 0 Å². The molecule has 0 aliphatic heterocycles. The van der Waals surface area contributed by atoms with Crippen molar-refractivity contribution in [2.45, 2.75) is 6.54 Å². The Morgan fingerprint density at radius 1 is 1.16 bits per heavy atom. The number of carbonyl (C=O) groups is 2. The summed E-state index contributed by atoms with van der Waals surface area (Å²) in [4.78, 5) is 22.9. The molecule has 0 saturated carbocycles. The number of esters is 1. The normalized spacial score (nSPS) is 9.89. The number of carbonyl (C=O) groups excluding carboxylic acids is 2. The van der Waals surface area contributed by atoms with Gasteiger partial charge in [-0.05, 0) is 11.6 Å². The zero-order valence-electron chi connectivity index (χ0n) is 10.2. The molecule has 5 nitrogen and oxygen atoms in total. The number of benzene rings is 1. The number of ether oxygens (including phenoxy) is 1. The van der Waals surface area contributed by atoms with Crippen molar-refractivity contribution >= 4 is 11.9 Å². The monoisotopic (exact) mass is 259 g/mol. The van der Waals surface area contributed by atoms with Crippen LogP contribution >= 0.6 is 0 Å². The minimum atomic E-state index is -0.580. The van der Waals surface area contributed by atoms with Crippen LogP contribution in [-0.4, -0.2) is 18.5 Å². The van der Waals surface area contributed by atoms with Crippen LogP contribution in [0.5, 0.6) is 0 Å². The molecule has 5 heteroatoms. The van der Waals surface area contributed by atoms with Crippen LogP contribution in [-0.2, 0) is 16.1 Å². The van der Waals surface area contributed by atoms with Gasteiger partial charge in [0.1, 0.15) is 6.26 Å². The van der Waals surface area contributed by atoms with E-state index in [1.165, 1.54) is 18.6 Å². The van der Waals surface area contributed by atoms with E-state index in [-0.39, 0.29) is 18.1 Å². The highest BCUT2D eigenvalue weighted by Gasteiger charge is 2.10. The van der Waals surface area contributed by atoms with Gasteiger partial charge >= 0.3 is 5.97 Å². The molecular weight excluding hydrogens is 246 g/mol. The Labute approximate surface area is 110 Å². The third kappa shape index (κ3) is 3.99. The molecule has 19 heavy (non-hydrogen) atoms. The second kappa shape index (κ2) is 6.39. The molecule has 2 aromatic rings. The van der Waals surface area contributed by atoms with Crippen LogP contribution in [0.4, 0.5) is 0 Å². The van der Waals surface area contributed by atoms with Gasteiger partial charge in [0.05, 0.1) is 11.8 Å². The Morgan fingerprint density at radius 2 is 1.95 bits per heavy atom. The molecule has 1 amide bonds. The molecule has 1 aromatic heterocycles. The molecule has 1 N–H and O–H groups in total. The zero-order chi connectivity index (χ0) is 13.5. The second-order valence-corrected chi connectivity index (χ2v) is 3.85. The Balaban J connectivity index is 1.72. The van der Waals surface area contributed by atoms with Gasteiger partial charge in [-0.1, -0.05) is 30.3 Å². The van der Waals surface area contributed by atoms with Crippen molar-refractivity contribution in [1.82, 2.24) is 5.32 Å². The lowest BCUT2D eigenvalue weighted by Gasteiger charge is -2.05. The van der Waals surface area contributed by atoms with Gasteiger partial charge in [-0.3, -0.25) is 4.79 Å². The number of rotatable bonds is 5. The van der Waals surface area contributed by atoms with Crippen LogP contribution in [0.25, 0.3) is 0 Å². The quantitative estimate of drug-likeness (QED) is 0.831. The highest BCUT2D eigenvalue weighted by Crippen LogP contribution is 2.02. The second-order valence-electron chi connectivity index (χ2n) is 3.85. The molecule has 0 radical (unpaired) electrons. The molecule has 2 rings (SSSR count). The molecule has 0 atom stereocenters. The lowest BCUT2D eigenvalue weighted by atomic mass is 10.2. The van der Waals surface area contributed by atoms with E-state index in [0.717, 1.165) is 5.56 Å². The molecule has 1 aromatic carbocycles. The van der Waals surface area contributed by atoms with E-state index in [9.17, 15) is 9.59 Å². The lowest BCUT2D eigenvalue weighted by Crippen LogP contribution is -2.28. The first-order valence-corrected chi connectivity index (χ1v) is 5.75. The van der Waals surface area contributed by atoms with E-state index in [0.29, 0.717) is 6.54 Å². The smallest absolute Gasteiger partial charge is 0.341 e.